The van der Waals surface area contributed by atoms with Crippen LogP contribution in [0.3, 0.4) is 0 Å². The molecule has 1 amide bonds. The third-order valence-electron chi connectivity index (χ3n) is 7.18. The molecule has 0 spiro atoms. The lowest BCUT2D eigenvalue weighted by atomic mass is 9.85. The van der Waals surface area contributed by atoms with E-state index in [1.807, 2.05) is 49.4 Å². The molecule has 0 bridgehead atoms. The molecule has 5 atom stereocenters. The highest BCUT2D eigenvalue weighted by molar-refractivity contribution is 5.75. The fourth-order valence-corrected chi connectivity index (χ4v) is 5.16. The van der Waals surface area contributed by atoms with Crippen molar-refractivity contribution >= 4 is 11.9 Å². The third kappa shape index (κ3) is 13.1. The van der Waals surface area contributed by atoms with E-state index < -0.39 is 23.3 Å². The SMILES string of the molecule is CCNC(=O)CCC/C=C\C[C@@H]1[C@@H](CC[C@H](CCc2ccccc2)OC(=O)CCCO[N+](=O)[O-])[C@@H](O)C[C@@H]1O. The van der Waals surface area contributed by atoms with Crippen molar-refractivity contribution in [2.24, 2.45) is 11.8 Å². The van der Waals surface area contributed by atoms with Gasteiger partial charge in [-0.15, -0.1) is 10.1 Å². The lowest BCUT2D eigenvalue weighted by Gasteiger charge is -2.25. The lowest BCUT2D eigenvalue weighted by Crippen LogP contribution is -2.25. The van der Waals surface area contributed by atoms with Gasteiger partial charge in [0.25, 0.3) is 5.09 Å². The molecule has 2 rings (SSSR count). The van der Waals surface area contributed by atoms with Crippen LogP contribution in [0.1, 0.15) is 76.7 Å². The van der Waals surface area contributed by atoms with Crippen LogP contribution < -0.4 is 5.32 Å². The van der Waals surface area contributed by atoms with Crippen LogP contribution in [0.25, 0.3) is 0 Å². The van der Waals surface area contributed by atoms with Gasteiger partial charge in [0.15, 0.2) is 0 Å². The summed E-state index contributed by atoms with van der Waals surface area (Å²) in [6, 6.07) is 9.89. The molecule has 39 heavy (non-hydrogen) atoms. The van der Waals surface area contributed by atoms with Crippen molar-refractivity contribution in [3.8, 4) is 0 Å². The highest BCUT2D eigenvalue weighted by Gasteiger charge is 2.40. The van der Waals surface area contributed by atoms with E-state index >= 15 is 0 Å². The minimum atomic E-state index is -0.882. The number of aryl methyl sites for hydroxylation is 1. The molecule has 1 aromatic rings. The Kier molecular flexibility index (Phi) is 15.2. The first-order chi connectivity index (χ1) is 18.8. The van der Waals surface area contributed by atoms with E-state index in [0.29, 0.717) is 45.1 Å². The molecule has 1 aromatic carbocycles. The maximum atomic E-state index is 12.4. The molecule has 218 valence electrons. The largest absolute Gasteiger partial charge is 0.462 e. The van der Waals surface area contributed by atoms with Crippen LogP contribution in [0.2, 0.25) is 0 Å². The van der Waals surface area contributed by atoms with Gasteiger partial charge in [0.05, 0.1) is 18.8 Å². The van der Waals surface area contributed by atoms with Gasteiger partial charge in [-0.05, 0) is 82.1 Å². The normalized spacial score (nSPS) is 21.5. The van der Waals surface area contributed by atoms with Crippen molar-refractivity contribution in [1.29, 1.82) is 0 Å². The first-order valence-corrected chi connectivity index (χ1v) is 14.1. The summed E-state index contributed by atoms with van der Waals surface area (Å²) in [5, 5.41) is 33.5. The Morgan fingerprint density at radius 1 is 1.10 bits per heavy atom. The number of allylic oxidation sites excluding steroid dienone is 2. The predicted octanol–water partition coefficient (Wildman–Crippen LogP) is 3.91. The van der Waals surface area contributed by atoms with Gasteiger partial charge in [-0.3, -0.25) is 9.59 Å². The molecule has 0 saturated heterocycles. The zero-order valence-corrected chi connectivity index (χ0v) is 22.9. The monoisotopic (exact) mass is 548 g/mol. The van der Waals surface area contributed by atoms with Gasteiger partial charge in [-0.25, -0.2) is 0 Å². The Hall–Kier alpha value is -2.98. The second-order valence-electron chi connectivity index (χ2n) is 10.1. The number of esters is 1. The molecule has 1 aliphatic carbocycles. The minimum Gasteiger partial charge on any atom is -0.462 e. The number of benzene rings is 1. The first-order valence-electron chi connectivity index (χ1n) is 14.1. The van der Waals surface area contributed by atoms with Crippen molar-refractivity contribution < 1.29 is 34.5 Å². The van der Waals surface area contributed by atoms with Crippen molar-refractivity contribution in [3.63, 3.8) is 0 Å². The molecule has 0 aromatic heterocycles. The number of aliphatic hydroxyl groups is 2. The summed E-state index contributed by atoms with van der Waals surface area (Å²) < 4.78 is 5.74. The lowest BCUT2D eigenvalue weighted by molar-refractivity contribution is -0.757. The molecule has 1 fully saturated rings. The number of hydrogen-bond donors (Lipinski definition) is 3. The Balaban J connectivity index is 1.89. The number of nitrogens with zero attached hydrogens (tertiary/aromatic N) is 1. The van der Waals surface area contributed by atoms with Crippen LogP contribution >= 0.6 is 0 Å². The topological polar surface area (TPSA) is 148 Å². The minimum absolute atomic E-state index is 0.0218. The van der Waals surface area contributed by atoms with Crippen LogP contribution in [0, 0.1) is 22.0 Å². The molecule has 0 unspecified atom stereocenters. The number of hydrogen-bond acceptors (Lipinski definition) is 8. The summed E-state index contributed by atoms with van der Waals surface area (Å²) in [6.45, 7) is 2.36. The molecular formula is C29H44N2O8. The Labute approximate surface area is 230 Å². The van der Waals surface area contributed by atoms with E-state index in [0.717, 1.165) is 24.8 Å². The summed E-state index contributed by atoms with van der Waals surface area (Å²) in [6.07, 6.45) is 8.13. The smallest absolute Gasteiger partial charge is 0.306 e. The fraction of sp³-hybridized carbons (Fsp3) is 0.655. The van der Waals surface area contributed by atoms with E-state index in [2.05, 4.69) is 10.2 Å². The molecule has 10 heteroatoms. The average molecular weight is 549 g/mol. The van der Waals surface area contributed by atoms with Crippen LogP contribution in [-0.2, 0) is 25.6 Å². The van der Waals surface area contributed by atoms with E-state index in [4.69, 9.17) is 4.74 Å². The van der Waals surface area contributed by atoms with E-state index in [-0.39, 0.29) is 43.3 Å². The molecule has 1 aliphatic rings. The maximum absolute atomic E-state index is 12.4. The van der Waals surface area contributed by atoms with Gasteiger partial charge < -0.3 is 25.1 Å². The summed E-state index contributed by atoms with van der Waals surface area (Å²) in [5.74, 6) is -0.595. The highest BCUT2D eigenvalue weighted by atomic mass is 16.9. The molecule has 3 N–H and O–H groups in total. The fourth-order valence-electron chi connectivity index (χ4n) is 5.16. The van der Waals surface area contributed by atoms with Crippen molar-refractivity contribution in [2.75, 3.05) is 13.2 Å². The summed E-state index contributed by atoms with van der Waals surface area (Å²) >= 11 is 0. The predicted molar refractivity (Wildman–Crippen MR) is 146 cm³/mol. The van der Waals surface area contributed by atoms with Gasteiger partial charge in [0, 0.05) is 19.4 Å². The molecule has 0 aliphatic heterocycles. The van der Waals surface area contributed by atoms with Crippen LogP contribution in [-0.4, -0.2) is 58.6 Å². The van der Waals surface area contributed by atoms with Crippen LogP contribution in [0.4, 0.5) is 0 Å². The molecule has 1 saturated carbocycles. The van der Waals surface area contributed by atoms with Crippen LogP contribution in [0.15, 0.2) is 42.5 Å². The van der Waals surface area contributed by atoms with Gasteiger partial charge in [-0.1, -0.05) is 42.5 Å². The number of aliphatic hydroxyl groups excluding tert-OH is 2. The highest BCUT2D eigenvalue weighted by Crippen LogP contribution is 2.38. The van der Waals surface area contributed by atoms with Crippen LogP contribution in [0.5, 0.6) is 0 Å². The third-order valence-corrected chi connectivity index (χ3v) is 7.18. The number of rotatable bonds is 19. The second kappa shape index (κ2) is 18.3. The van der Waals surface area contributed by atoms with E-state index in [1.165, 1.54) is 0 Å². The van der Waals surface area contributed by atoms with E-state index in [9.17, 15) is 29.9 Å². The quantitative estimate of drug-likeness (QED) is 0.0775. The number of unbranched alkanes of at least 4 members (excludes halogenated alkanes) is 1. The Morgan fingerprint density at radius 3 is 2.56 bits per heavy atom. The number of carbonyl (C=O) groups is 2. The number of nitrogens with one attached hydrogen (secondary N) is 1. The van der Waals surface area contributed by atoms with Crippen molar-refractivity contribution in [2.45, 2.75) is 95.9 Å². The number of carbonyl (C=O) groups excluding carboxylic acids is 2. The average Bonchev–Trinajstić information content (AvgIpc) is 3.17. The Bertz CT molecular complexity index is 895. The summed E-state index contributed by atoms with van der Waals surface area (Å²) in [5.41, 5.74) is 1.13. The molecular weight excluding hydrogens is 504 g/mol. The molecule has 0 heterocycles. The number of ether oxygens (including phenoxy) is 1. The molecule has 10 nitrogen and oxygen atoms in total. The second-order valence-corrected chi connectivity index (χ2v) is 10.1. The van der Waals surface area contributed by atoms with E-state index in [1.54, 1.807) is 0 Å². The summed E-state index contributed by atoms with van der Waals surface area (Å²) in [7, 11) is 0. The standard InChI is InChI=1S/C29H44N2O8/c1-2-30-28(34)14-9-4-3-8-13-24-25(27(33)21-26(24)32)19-18-23(17-16-22-11-6-5-7-12-22)39-29(35)15-10-20-38-31(36)37/h3,5-8,11-12,23-27,32-33H,2,4,9-10,13-21H2,1H3,(H,30,34)/b8-3-/t23-,24+,25+,26-,27-/m0/s1. The Morgan fingerprint density at radius 2 is 1.85 bits per heavy atom. The molecule has 0 radical (unpaired) electrons. The summed E-state index contributed by atoms with van der Waals surface area (Å²) in [4.78, 5) is 38.5. The number of amides is 1. The zero-order valence-electron chi connectivity index (χ0n) is 22.9. The first kappa shape index (κ1) is 32.2. The van der Waals surface area contributed by atoms with Gasteiger partial charge in [0.1, 0.15) is 6.10 Å². The van der Waals surface area contributed by atoms with Gasteiger partial charge >= 0.3 is 5.97 Å². The van der Waals surface area contributed by atoms with Crippen molar-refractivity contribution in [1.82, 2.24) is 5.32 Å². The zero-order chi connectivity index (χ0) is 28.5. The van der Waals surface area contributed by atoms with Gasteiger partial charge in [-0.2, -0.15) is 0 Å². The maximum Gasteiger partial charge on any atom is 0.306 e. The van der Waals surface area contributed by atoms with Crippen molar-refractivity contribution in [3.05, 3.63) is 58.2 Å². The van der Waals surface area contributed by atoms with Gasteiger partial charge in [0.2, 0.25) is 5.91 Å².